The van der Waals surface area contributed by atoms with Crippen LogP contribution >= 0.6 is 11.6 Å². The van der Waals surface area contributed by atoms with E-state index in [9.17, 15) is 19.2 Å². The van der Waals surface area contributed by atoms with Gasteiger partial charge in [0.15, 0.2) is 5.78 Å². The maximum Gasteiger partial charge on any atom is 0.224 e. The van der Waals surface area contributed by atoms with Gasteiger partial charge in [0.05, 0.1) is 5.02 Å². The van der Waals surface area contributed by atoms with E-state index in [1.54, 1.807) is 34.1 Å². The molecule has 1 heterocycles. The predicted molar refractivity (Wildman–Crippen MR) is 101 cm³/mol. The standard InChI is InChI=1S/C19H24ClN3O4/c1-14(24)22-10-12-23(13-11-22)19(27)8-9-21-18(26)7-6-17(25)15-4-2-3-5-16(15)20/h2-5H,6-13H2,1H3,(H,21,26). The van der Waals surface area contributed by atoms with Gasteiger partial charge in [0.2, 0.25) is 17.7 Å². The molecule has 1 N–H and O–H groups in total. The van der Waals surface area contributed by atoms with Crippen LogP contribution in [0.2, 0.25) is 5.02 Å². The maximum atomic E-state index is 12.1. The molecule has 1 saturated heterocycles. The van der Waals surface area contributed by atoms with Crippen molar-refractivity contribution in [1.29, 1.82) is 0 Å². The fraction of sp³-hybridized carbons (Fsp3) is 0.474. The van der Waals surface area contributed by atoms with Crippen LogP contribution in [0.1, 0.15) is 36.5 Å². The molecule has 0 bridgehead atoms. The van der Waals surface area contributed by atoms with Crippen molar-refractivity contribution in [1.82, 2.24) is 15.1 Å². The summed E-state index contributed by atoms with van der Waals surface area (Å²) in [6.45, 7) is 3.85. The summed E-state index contributed by atoms with van der Waals surface area (Å²) < 4.78 is 0. The normalized spacial score (nSPS) is 14.0. The van der Waals surface area contributed by atoms with Crippen molar-refractivity contribution in [2.75, 3.05) is 32.7 Å². The fourth-order valence-corrected chi connectivity index (χ4v) is 3.12. The number of amides is 3. The van der Waals surface area contributed by atoms with Gasteiger partial charge in [0.25, 0.3) is 0 Å². The van der Waals surface area contributed by atoms with Gasteiger partial charge < -0.3 is 15.1 Å². The topological polar surface area (TPSA) is 86.8 Å². The minimum atomic E-state index is -0.274. The number of rotatable bonds is 7. The molecule has 27 heavy (non-hydrogen) atoms. The summed E-state index contributed by atoms with van der Waals surface area (Å²) in [5.41, 5.74) is 0.409. The van der Waals surface area contributed by atoms with Crippen LogP contribution in [-0.4, -0.2) is 66.0 Å². The monoisotopic (exact) mass is 393 g/mol. The SMILES string of the molecule is CC(=O)N1CCN(C(=O)CCNC(=O)CCC(=O)c2ccccc2Cl)CC1. The minimum Gasteiger partial charge on any atom is -0.356 e. The van der Waals surface area contributed by atoms with Gasteiger partial charge in [-0.1, -0.05) is 23.7 Å². The molecule has 0 saturated carbocycles. The number of carbonyl (C=O) groups is 4. The Bertz CT molecular complexity index is 715. The first-order valence-corrected chi connectivity index (χ1v) is 9.34. The van der Waals surface area contributed by atoms with Gasteiger partial charge in [-0.25, -0.2) is 0 Å². The molecule has 2 rings (SSSR count). The second-order valence-electron chi connectivity index (χ2n) is 6.39. The average Bonchev–Trinajstić information content (AvgIpc) is 2.66. The number of hydrogen-bond acceptors (Lipinski definition) is 4. The molecule has 0 aromatic heterocycles. The summed E-state index contributed by atoms with van der Waals surface area (Å²) >= 11 is 5.97. The van der Waals surface area contributed by atoms with Crippen LogP contribution in [-0.2, 0) is 14.4 Å². The first kappa shape index (κ1) is 20.9. The quantitative estimate of drug-likeness (QED) is 0.711. The first-order chi connectivity index (χ1) is 12.9. The second-order valence-corrected chi connectivity index (χ2v) is 6.80. The lowest BCUT2D eigenvalue weighted by Crippen LogP contribution is -2.50. The van der Waals surface area contributed by atoms with E-state index in [1.807, 2.05) is 0 Å². The Hall–Kier alpha value is -2.41. The molecular formula is C19H24ClN3O4. The lowest BCUT2D eigenvalue weighted by molar-refractivity contribution is -0.138. The summed E-state index contributed by atoms with van der Waals surface area (Å²) in [5.74, 6) is -0.494. The van der Waals surface area contributed by atoms with Crippen LogP contribution in [0.5, 0.6) is 0 Å². The Kier molecular flexibility index (Phi) is 7.79. The van der Waals surface area contributed by atoms with Crippen LogP contribution in [0.15, 0.2) is 24.3 Å². The highest BCUT2D eigenvalue weighted by atomic mass is 35.5. The first-order valence-electron chi connectivity index (χ1n) is 8.96. The second kappa shape index (κ2) is 10.1. The summed E-state index contributed by atoms with van der Waals surface area (Å²) in [7, 11) is 0. The molecule has 8 heteroatoms. The molecule has 1 aliphatic rings. The zero-order valence-corrected chi connectivity index (χ0v) is 16.1. The number of carbonyl (C=O) groups excluding carboxylic acids is 4. The number of nitrogens with zero attached hydrogens (tertiary/aromatic N) is 2. The predicted octanol–water partition coefficient (Wildman–Crippen LogP) is 1.50. The highest BCUT2D eigenvalue weighted by Crippen LogP contribution is 2.17. The summed E-state index contributed by atoms with van der Waals surface area (Å²) in [6, 6.07) is 6.73. The van der Waals surface area contributed by atoms with E-state index in [0.717, 1.165) is 0 Å². The number of halogens is 1. The molecule has 146 valence electrons. The van der Waals surface area contributed by atoms with Crippen LogP contribution in [0.3, 0.4) is 0 Å². The molecule has 1 aliphatic heterocycles. The Labute approximate surface area is 163 Å². The summed E-state index contributed by atoms with van der Waals surface area (Å²) in [4.78, 5) is 50.8. The van der Waals surface area contributed by atoms with Crippen LogP contribution < -0.4 is 5.32 Å². The van der Waals surface area contributed by atoms with Crippen LogP contribution in [0, 0.1) is 0 Å². The third kappa shape index (κ3) is 6.36. The molecule has 3 amide bonds. The summed E-state index contributed by atoms with van der Waals surface area (Å²) in [5, 5.41) is 3.04. The molecular weight excluding hydrogens is 370 g/mol. The third-order valence-electron chi connectivity index (χ3n) is 4.49. The number of Topliss-reactive ketones (excluding diaryl/α,β-unsaturated/α-hetero) is 1. The van der Waals surface area contributed by atoms with Gasteiger partial charge in [-0.2, -0.15) is 0 Å². The minimum absolute atomic E-state index is 0.0145. The van der Waals surface area contributed by atoms with Crippen molar-refractivity contribution < 1.29 is 19.2 Å². The number of benzene rings is 1. The molecule has 7 nitrogen and oxygen atoms in total. The maximum absolute atomic E-state index is 12.1. The van der Waals surface area contributed by atoms with E-state index in [2.05, 4.69) is 5.32 Å². The lowest BCUT2D eigenvalue weighted by atomic mass is 10.1. The van der Waals surface area contributed by atoms with E-state index < -0.39 is 0 Å². The third-order valence-corrected chi connectivity index (χ3v) is 4.82. The van der Waals surface area contributed by atoms with Gasteiger partial charge in [0.1, 0.15) is 0 Å². The van der Waals surface area contributed by atoms with E-state index in [1.165, 1.54) is 6.92 Å². The molecule has 0 aliphatic carbocycles. The molecule has 1 aromatic rings. The van der Waals surface area contributed by atoms with Crippen molar-refractivity contribution in [2.24, 2.45) is 0 Å². The zero-order chi connectivity index (χ0) is 19.8. The fourth-order valence-electron chi connectivity index (χ4n) is 2.88. The Morgan fingerprint density at radius 1 is 0.963 bits per heavy atom. The smallest absolute Gasteiger partial charge is 0.224 e. The van der Waals surface area contributed by atoms with Gasteiger partial charge in [-0.3, -0.25) is 19.2 Å². The van der Waals surface area contributed by atoms with Gasteiger partial charge in [0, 0.05) is 64.5 Å². The largest absolute Gasteiger partial charge is 0.356 e. The van der Waals surface area contributed by atoms with Gasteiger partial charge in [-0.05, 0) is 12.1 Å². The number of ketones is 1. The summed E-state index contributed by atoms with van der Waals surface area (Å²) in [6.07, 6.45) is 0.316. The van der Waals surface area contributed by atoms with Crippen LogP contribution in [0.4, 0.5) is 0 Å². The van der Waals surface area contributed by atoms with Crippen molar-refractivity contribution in [3.05, 3.63) is 34.9 Å². The van der Waals surface area contributed by atoms with Crippen molar-refractivity contribution >= 4 is 35.1 Å². The highest BCUT2D eigenvalue weighted by Gasteiger charge is 2.22. The van der Waals surface area contributed by atoms with E-state index in [-0.39, 0.29) is 49.3 Å². The van der Waals surface area contributed by atoms with Crippen molar-refractivity contribution in [2.45, 2.75) is 26.2 Å². The molecule has 0 radical (unpaired) electrons. The van der Waals surface area contributed by atoms with Gasteiger partial charge >= 0.3 is 0 Å². The Morgan fingerprint density at radius 3 is 2.22 bits per heavy atom. The molecule has 0 spiro atoms. The number of nitrogens with one attached hydrogen (secondary N) is 1. The molecule has 1 aromatic carbocycles. The lowest BCUT2D eigenvalue weighted by Gasteiger charge is -2.34. The van der Waals surface area contributed by atoms with Crippen LogP contribution in [0.25, 0.3) is 0 Å². The van der Waals surface area contributed by atoms with Crippen molar-refractivity contribution in [3.63, 3.8) is 0 Å². The van der Waals surface area contributed by atoms with E-state index in [4.69, 9.17) is 11.6 Å². The van der Waals surface area contributed by atoms with Gasteiger partial charge in [-0.15, -0.1) is 0 Å². The molecule has 0 atom stereocenters. The number of piperazine rings is 1. The zero-order valence-electron chi connectivity index (χ0n) is 15.4. The van der Waals surface area contributed by atoms with E-state index in [0.29, 0.717) is 36.8 Å². The van der Waals surface area contributed by atoms with E-state index >= 15 is 0 Å². The Balaban J connectivity index is 1.64. The average molecular weight is 394 g/mol. The van der Waals surface area contributed by atoms with Crippen molar-refractivity contribution in [3.8, 4) is 0 Å². The Morgan fingerprint density at radius 2 is 1.59 bits per heavy atom. The number of hydrogen-bond donors (Lipinski definition) is 1. The molecule has 1 fully saturated rings. The molecule has 0 unspecified atom stereocenters. The highest BCUT2D eigenvalue weighted by molar-refractivity contribution is 6.34.